The van der Waals surface area contributed by atoms with Gasteiger partial charge < -0.3 is 20.1 Å². The topological polar surface area (TPSA) is 119 Å². The second kappa shape index (κ2) is 10.6. The Balaban J connectivity index is 1.39. The lowest BCUT2D eigenvalue weighted by atomic mass is 10.1. The first-order valence-corrected chi connectivity index (χ1v) is 15.2. The number of sulfonamides is 1. The monoisotopic (exact) mass is 578 g/mol. The molecule has 2 N–H and O–H groups in total. The minimum Gasteiger partial charge on any atom is -0.349 e. The van der Waals surface area contributed by atoms with Crippen LogP contribution in [0.15, 0.2) is 29.3 Å². The lowest BCUT2D eigenvalue weighted by Crippen LogP contribution is -2.56. The minimum absolute atomic E-state index is 0.0744. The molecule has 1 aromatic carbocycles. The summed E-state index contributed by atoms with van der Waals surface area (Å²) in [4.78, 5) is 37.9. The molecule has 0 spiro atoms. The highest BCUT2D eigenvalue weighted by Crippen LogP contribution is 2.29. The molecule has 0 bridgehead atoms. The van der Waals surface area contributed by atoms with Crippen molar-refractivity contribution in [2.45, 2.75) is 49.8 Å². The molecule has 0 aliphatic carbocycles. The maximum atomic E-state index is 13.6. The molecule has 38 heavy (non-hydrogen) atoms. The van der Waals surface area contributed by atoms with E-state index < -0.39 is 16.1 Å². The molecule has 204 valence electrons. The van der Waals surface area contributed by atoms with Gasteiger partial charge in [0.1, 0.15) is 5.03 Å². The Kier molecular flexibility index (Phi) is 7.53. The number of halogens is 1. The molecule has 0 saturated carbocycles. The number of H-pyrrole nitrogens is 1. The van der Waals surface area contributed by atoms with Crippen LogP contribution in [-0.4, -0.2) is 90.1 Å². The van der Waals surface area contributed by atoms with Crippen molar-refractivity contribution in [2.24, 2.45) is 0 Å². The number of hydrogen-bond acceptors (Lipinski definition) is 7. The third kappa shape index (κ3) is 5.32. The van der Waals surface area contributed by atoms with E-state index in [1.165, 1.54) is 20.5 Å². The first-order valence-electron chi connectivity index (χ1n) is 12.5. The highest BCUT2D eigenvalue weighted by molar-refractivity contribution is 7.89. The van der Waals surface area contributed by atoms with Crippen molar-refractivity contribution in [1.82, 2.24) is 29.4 Å². The van der Waals surface area contributed by atoms with Crippen molar-refractivity contribution < 1.29 is 18.0 Å². The highest BCUT2D eigenvalue weighted by Gasteiger charge is 2.38. The van der Waals surface area contributed by atoms with Crippen LogP contribution >= 0.6 is 22.9 Å². The van der Waals surface area contributed by atoms with Crippen LogP contribution in [-0.2, 0) is 27.8 Å². The minimum atomic E-state index is -3.87. The molecule has 3 aromatic rings. The van der Waals surface area contributed by atoms with Crippen molar-refractivity contribution in [3.63, 3.8) is 0 Å². The maximum Gasteiger partial charge on any atom is 0.283 e. The van der Waals surface area contributed by atoms with Crippen molar-refractivity contribution >= 4 is 55.7 Å². The van der Waals surface area contributed by atoms with E-state index >= 15 is 0 Å². The van der Waals surface area contributed by atoms with Gasteiger partial charge >= 0.3 is 0 Å². The summed E-state index contributed by atoms with van der Waals surface area (Å²) < 4.78 is 28.6. The molecule has 2 aromatic heterocycles. The molecule has 2 aliphatic heterocycles. The van der Waals surface area contributed by atoms with Gasteiger partial charge in [-0.05, 0) is 37.6 Å². The molecule has 4 heterocycles. The fourth-order valence-corrected chi connectivity index (χ4v) is 7.61. The Hall–Kier alpha value is -2.51. The molecule has 1 fully saturated rings. The van der Waals surface area contributed by atoms with Crippen LogP contribution in [0.2, 0.25) is 5.02 Å². The molecule has 2 aliphatic rings. The van der Waals surface area contributed by atoms with E-state index in [9.17, 15) is 18.0 Å². The Morgan fingerprint density at radius 1 is 1.24 bits per heavy atom. The smallest absolute Gasteiger partial charge is 0.283 e. The van der Waals surface area contributed by atoms with E-state index in [0.717, 1.165) is 17.0 Å². The van der Waals surface area contributed by atoms with Gasteiger partial charge in [0.05, 0.1) is 5.69 Å². The Labute approximate surface area is 231 Å². The molecule has 2 atom stereocenters. The summed E-state index contributed by atoms with van der Waals surface area (Å²) in [5.41, 5.74) is 1.62. The molecular formula is C25H31ClN6O4S2. The number of carbonyl (C=O) groups excluding carboxylic acids is 2. The average molecular weight is 579 g/mol. The molecule has 5 rings (SSSR count). The Morgan fingerprint density at radius 3 is 2.79 bits per heavy atom. The number of nitrogens with zero attached hydrogens (tertiary/aromatic N) is 4. The summed E-state index contributed by atoms with van der Waals surface area (Å²) in [6.07, 6.45) is 1.32. The zero-order valence-electron chi connectivity index (χ0n) is 21.5. The molecule has 10 nitrogen and oxygen atoms in total. The normalized spacial score (nSPS) is 20.5. The summed E-state index contributed by atoms with van der Waals surface area (Å²) in [5.74, 6) is -0.286. The van der Waals surface area contributed by atoms with Crippen LogP contribution in [0.3, 0.4) is 0 Å². The van der Waals surface area contributed by atoms with E-state index in [0.29, 0.717) is 39.9 Å². The van der Waals surface area contributed by atoms with E-state index in [1.54, 1.807) is 43.3 Å². The Bertz CT molecular complexity index is 1480. The van der Waals surface area contributed by atoms with Gasteiger partial charge in [-0.25, -0.2) is 13.4 Å². The number of aromatic nitrogens is 2. The lowest BCUT2D eigenvalue weighted by Gasteiger charge is -2.40. The van der Waals surface area contributed by atoms with E-state index in [1.807, 2.05) is 0 Å². The van der Waals surface area contributed by atoms with Gasteiger partial charge in [0.25, 0.3) is 15.9 Å². The predicted octanol–water partition coefficient (Wildman–Crippen LogP) is 2.70. The standard InChI is InChI=1S/C25H31ClN6O4S2/c1-15-10-20-21(13-27-15)37-24(29-20)25(34)32-9-8-31(14-18(32)5-7-23(33)30(2)3)38(35,36)22-12-16-11-17(26)4-6-19(16)28-22/h4,6,11-12,15,18,27-28H,5,7-10,13-14H2,1-3H3. The number of nitrogens with one attached hydrogen (secondary N) is 2. The zero-order valence-corrected chi connectivity index (χ0v) is 23.9. The fourth-order valence-electron chi connectivity index (χ4n) is 4.95. The SMILES string of the molecule is CC1Cc2nc(C(=O)N3CCN(S(=O)(=O)c4cc5cc(Cl)ccc5[nH]4)CC3CCC(=O)N(C)C)sc2CN1. The second-order valence-corrected chi connectivity index (χ2v) is 13.5. The van der Waals surface area contributed by atoms with E-state index in [2.05, 4.69) is 22.2 Å². The quantitative estimate of drug-likeness (QED) is 0.464. The van der Waals surface area contributed by atoms with Gasteiger partial charge in [-0.1, -0.05) is 11.6 Å². The van der Waals surface area contributed by atoms with Crippen LogP contribution in [0.4, 0.5) is 0 Å². The summed E-state index contributed by atoms with van der Waals surface area (Å²) in [6, 6.07) is 6.56. The van der Waals surface area contributed by atoms with Crippen LogP contribution in [0, 0.1) is 0 Å². The maximum absolute atomic E-state index is 13.6. The molecule has 2 amide bonds. The molecule has 13 heteroatoms. The number of hydrogen-bond donors (Lipinski definition) is 2. The predicted molar refractivity (Wildman–Crippen MR) is 147 cm³/mol. The first kappa shape index (κ1) is 27.1. The number of piperazine rings is 1. The number of carbonyl (C=O) groups is 2. The van der Waals surface area contributed by atoms with E-state index in [4.69, 9.17) is 11.6 Å². The molecule has 0 radical (unpaired) electrons. The van der Waals surface area contributed by atoms with E-state index in [-0.39, 0.29) is 42.9 Å². The number of benzene rings is 1. The Morgan fingerprint density at radius 2 is 2.03 bits per heavy atom. The zero-order chi connectivity index (χ0) is 27.2. The lowest BCUT2D eigenvalue weighted by molar-refractivity contribution is -0.129. The number of aromatic amines is 1. The molecule has 1 saturated heterocycles. The van der Waals surface area contributed by atoms with Crippen LogP contribution in [0.5, 0.6) is 0 Å². The summed E-state index contributed by atoms with van der Waals surface area (Å²) >= 11 is 7.47. The van der Waals surface area contributed by atoms with Crippen molar-refractivity contribution in [2.75, 3.05) is 33.7 Å². The van der Waals surface area contributed by atoms with Crippen molar-refractivity contribution in [3.05, 3.63) is 44.9 Å². The van der Waals surface area contributed by atoms with Crippen molar-refractivity contribution in [3.8, 4) is 0 Å². The third-order valence-electron chi connectivity index (χ3n) is 7.14. The molecule has 2 unspecified atom stereocenters. The number of rotatable bonds is 6. The van der Waals surface area contributed by atoms with Gasteiger partial charge in [0, 0.05) is 86.0 Å². The number of thiazole rings is 1. The number of fused-ring (bicyclic) bond motifs is 2. The summed E-state index contributed by atoms with van der Waals surface area (Å²) in [5, 5.41) is 5.11. The molecular weight excluding hydrogens is 548 g/mol. The van der Waals surface area contributed by atoms with Gasteiger partial charge in [-0.3, -0.25) is 9.59 Å². The van der Waals surface area contributed by atoms with Gasteiger partial charge in [-0.2, -0.15) is 4.31 Å². The second-order valence-electron chi connectivity index (χ2n) is 10.1. The summed E-state index contributed by atoms with van der Waals surface area (Å²) in [6.45, 7) is 3.22. The highest BCUT2D eigenvalue weighted by atomic mass is 35.5. The summed E-state index contributed by atoms with van der Waals surface area (Å²) in [7, 11) is -0.505. The largest absolute Gasteiger partial charge is 0.349 e. The first-order chi connectivity index (χ1) is 18.0. The van der Waals surface area contributed by atoms with Gasteiger partial charge in [0.2, 0.25) is 5.91 Å². The van der Waals surface area contributed by atoms with Crippen LogP contribution in [0.1, 0.15) is 40.1 Å². The third-order valence-corrected chi connectivity index (χ3v) is 10.3. The number of amides is 2. The van der Waals surface area contributed by atoms with Crippen molar-refractivity contribution in [1.29, 1.82) is 0 Å². The van der Waals surface area contributed by atoms with Gasteiger partial charge in [0.15, 0.2) is 5.01 Å². The average Bonchev–Trinajstić information content (AvgIpc) is 3.50. The van der Waals surface area contributed by atoms with Crippen LogP contribution < -0.4 is 5.32 Å². The fraction of sp³-hybridized carbons (Fsp3) is 0.480. The van der Waals surface area contributed by atoms with Gasteiger partial charge in [-0.15, -0.1) is 11.3 Å². The van der Waals surface area contributed by atoms with Crippen LogP contribution in [0.25, 0.3) is 10.9 Å².